The maximum Gasteiger partial charge on any atom is 0.255 e. The van der Waals surface area contributed by atoms with E-state index in [2.05, 4.69) is 29.0 Å². The fourth-order valence-electron chi connectivity index (χ4n) is 1.70. The summed E-state index contributed by atoms with van der Waals surface area (Å²) in [5.41, 5.74) is 0.000314. The van der Waals surface area contributed by atoms with Gasteiger partial charge in [-0.05, 0) is 38.2 Å². The Bertz CT molecular complexity index is 380. The summed E-state index contributed by atoms with van der Waals surface area (Å²) in [6.45, 7) is 7.69. The van der Waals surface area contributed by atoms with Crippen LogP contribution in [-0.4, -0.2) is 42.0 Å². The molecule has 0 fully saturated rings. The Hall–Kier alpha value is -1.49. The number of aromatic nitrogens is 1. The van der Waals surface area contributed by atoms with Crippen molar-refractivity contribution in [2.75, 3.05) is 26.2 Å². The number of carbonyl (C=O) groups is 1. The van der Waals surface area contributed by atoms with E-state index in [1.54, 1.807) is 6.07 Å². The molecule has 0 aliphatic carbocycles. The molecule has 18 heavy (non-hydrogen) atoms. The molecule has 4 nitrogen and oxygen atoms in total. The van der Waals surface area contributed by atoms with Gasteiger partial charge in [0.25, 0.3) is 5.91 Å². The van der Waals surface area contributed by atoms with Gasteiger partial charge in [-0.25, -0.2) is 4.98 Å². The Morgan fingerprint density at radius 1 is 1.44 bits per heavy atom. The first-order chi connectivity index (χ1) is 8.69. The maximum absolute atomic E-state index is 13.2. The first kappa shape index (κ1) is 14.6. The molecule has 0 saturated carbocycles. The van der Waals surface area contributed by atoms with Gasteiger partial charge in [0.1, 0.15) is 0 Å². The van der Waals surface area contributed by atoms with E-state index in [1.165, 1.54) is 12.3 Å². The highest BCUT2D eigenvalue weighted by Gasteiger charge is 2.10. The van der Waals surface area contributed by atoms with Crippen molar-refractivity contribution in [3.8, 4) is 0 Å². The molecule has 1 rings (SSSR count). The Morgan fingerprint density at radius 2 is 2.17 bits per heavy atom. The lowest BCUT2D eigenvalue weighted by molar-refractivity contribution is 0.0947. The van der Waals surface area contributed by atoms with Gasteiger partial charge in [-0.3, -0.25) is 4.79 Å². The van der Waals surface area contributed by atoms with Crippen LogP contribution in [0.3, 0.4) is 0 Å². The third-order valence-electron chi connectivity index (χ3n) is 2.83. The van der Waals surface area contributed by atoms with Gasteiger partial charge < -0.3 is 10.2 Å². The molecule has 0 atom stereocenters. The normalized spacial score (nSPS) is 10.7. The van der Waals surface area contributed by atoms with Crippen LogP contribution in [0.25, 0.3) is 0 Å². The van der Waals surface area contributed by atoms with Crippen molar-refractivity contribution in [1.82, 2.24) is 15.2 Å². The molecule has 0 spiro atoms. The number of hydrogen-bond donors (Lipinski definition) is 1. The second-order valence-electron chi connectivity index (χ2n) is 3.98. The molecule has 1 N–H and O–H groups in total. The van der Waals surface area contributed by atoms with E-state index >= 15 is 0 Å². The number of nitrogens with one attached hydrogen (secondary N) is 1. The molecule has 0 aliphatic heterocycles. The van der Waals surface area contributed by atoms with Crippen LogP contribution < -0.4 is 5.32 Å². The predicted octanol–water partition coefficient (Wildman–Crippen LogP) is 1.68. The molecule has 1 aromatic heterocycles. The van der Waals surface area contributed by atoms with Crippen molar-refractivity contribution in [1.29, 1.82) is 0 Å². The lowest BCUT2D eigenvalue weighted by atomic mass is 10.2. The summed E-state index contributed by atoms with van der Waals surface area (Å²) in [6.07, 6.45) is 2.18. The van der Waals surface area contributed by atoms with Gasteiger partial charge in [0.05, 0.1) is 5.56 Å². The quantitative estimate of drug-likeness (QED) is 0.594. The molecular formula is C13H20FN3O. The van der Waals surface area contributed by atoms with Crippen molar-refractivity contribution in [2.24, 2.45) is 0 Å². The van der Waals surface area contributed by atoms with E-state index in [0.29, 0.717) is 6.54 Å². The van der Waals surface area contributed by atoms with E-state index in [-0.39, 0.29) is 5.56 Å². The molecule has 5 heteroatoms. The summed E-state index contributed by atoms with van der Waals surface area (Å²) in [7, 11) is 0. The van der Waals surface area contributed by atoms with Gasteiger partial charge in [0.2, 0.25) is 5.95 Å². The molecule has 1 heterocycles. The molecule has 0 aliphatic rings. The van der Waals surface area contributed by atoms with E-state index < -0.39 is 11.9 Å². The van der Waals surface area contributed by atoms with E-state index in [1.807, 2.05) is 0 Å². The summed E-state index contributed by atoms with van der Waals surface area (Å²) in [5, 5.41) is 2.70. The Kier molecular flexibility index (Phi) is 6.28. The Balaban J connectivity index is 2.32. The standard InChI is InChI=1S/C13H20FN3O/c1-3-17(4-2)10-6-9-16-13(18)11-7-5-8-15-12(11)14/h5,7-8H,3-4,6,9-10H2,1-2H3,(H,16,18). The number of rotatable bonds is 7. The van der Waals surface area contributed by atoms with Crippen LogP contribution in [-0.2, 0) is 0 Å². The van der Waals surface area contributed by atoms with Gasteiger partial charge in [-0.15, -0.1) is 0 Å². The molecule has 0 saturated heterocycles. The number of carbonyl (C=O) groups excluding carboxylic acids is 1. The third-order valence-corrected chi connectivity index (χ3v) is 2.83. The Labute approximate surface area is 107 Å². The number of halogens is 1. The molecule has 100 valence electrons. The number of pyridine rings is 1. The highest BCUT2D eigenvalue weighted by molar-refractivity contribution is 5.94. The monoisotopic (exact) mass is 253 g/mol. The van der Waals surface area contributed by atoms with E-state index in [4.69, 9.17) is 0 Å². The fourth-order valence-corrected chi connectivity index (χ4v) is 1.70. The summed E-state index contributed by atoms with van der Waals surface area (Å²) in [4.78, 5) is 17.4. The molecule has 0 unspecified atom stereocenters. The smallest absolute Gasteiger partial charge is 0.255 e. The lowest BCUT2D eigenvalue weighted by Gasteiger charge is -2.17. The minimum Gasteiger partial charge on any atom is -0.352 e. The van der Waals surface area contributed by atoms with Crippen molar-refractivity contribution in [3.05, 3.63) is 29.8 Å². The van der Waals surface area contributed by atoms with Crippen molar-refractivity contribution in [3.63, 3.8) is 0 Å². The zero-order valence-corrected chi connectivity index (χ0v) is 10.9. The van der Waals surface area contributed by atoms with Crippen LogP contribution in [0, 0.1) is 5.95 Å². The summed E-state index contributed by atoms with van der Waals surface area (Å²) in [5.74, 6) is -1.13. The topological polar surface area (TPSA) is 45.2 Å². The molecule has 0 radical (unpaired) electrons. The molecular weight excluding hydrogens is 233 g/mol. The predicted molar refractivity (Wildman–Crippen MR) is 68.9 cm³/mol. The van der Waals surface area contributed by atoms with Gasteiger partial charge in [0, 0.05) is 12.7 Å². The first-order valence-corrected chi connectivity index (χ1v) is 6.30. The van der Waals surface area contributed by atoms with Gasteiger partial charge in [-0.2, -0.15) is 4.39 Å². The molecule has 0 bridgehead atoms. The second-order valence-corrected chi connectivity index (χ2v) is 3.98. The molecule has 0 aromatic carbocycles. The highest BCUT2D eigenvalue weighted by Crippen LogP contribution is 2.02. The average molecular weight is 253 g/mol. The number of hydrogen-bond acceptors (Lipinski definition) is 3. The minimum absolute atomic E-state index is 0.000314. The zero-order chi connectivity index (χ0) is 13.4. The second kappa shape index (κ2) is 7.76. The van der Waals surface area contributed by atoms with Crippen LogP contribution in [0.5, 0.6) is 0 Å². The zero-order valence-electron chi connectivity index (χ0n) is 10.9. The van der Waals surface area contributed by atoms with Crippen LogP contribution in [0.1, 0.15) is 30.6 Å². The van der Waals surface area contributed by atoms with E-state index in [9.17, 15) is 9.18 Å². The Morgan fingerprint density at radius 3 is 2.78 bits per heavy atom. The first-order valence-electron chi connectivity index (χ1n) is 6.30. The minimum atomic E-state index is -0.723. The number of nitrogens with zero attached hydrogens (tertiary/aromatic N) is 2. The van der Waals surface area contributed by atoms with Crippen LogP contribution in [0.15, 0.2) is 18.3 Å². The van der Waals surface area contributed by atoms with Crippen molar-refractivity contribution < 1.29 is 9.18 Å². The molecule has 1 amide bonds. The SMILES string of the molecule is CCN(CC)CCCNC(=O)c1cccnc1F. The maximum atomic E-state index is 13.2. The van der Waals surface area contributed by atoms with Crippen molar-refractivity contribution in [2.45, 2.75) is 20.3 Å². The van der Waals surface area contributed by atoms with Crippen molar-refractivity contribution >= 4 is 5.91 Å². The number of amides is 1. The van der Waals surface area contributed by atoms with Gasteiger partial charge >= 0.3 is 0 Å². The highest BCUT2D eigenvalue weighted by atomic mass is 19.1. The lowest BCUT2D eigenvalue weighted by Crippen LogP contribution is -2.30. The van der Waals surface area contributed by atoms with Gasteiger partial charge in [0.15, 0.2) is 0 Å². The largest absolute Gasteiger partial charge is 0.352 e. The third kappa shape index (κ3) is 4.41. The molecule has 1 aromatic rings. The fraction of sp³-hybridized carbons (Fsp3) is 0.538. The van der Waals surface area contributed by atoms with Crippen LogP contribution >= 0.6 is 0 Å². The van der Waals surface area contributed by atoms with Crippen LogP contribution in [0.2, 0.25) is 0 Å². The summed E-state index contributed by atoms with van der Waals surface area (Å²) < 4.78 is 13.2. The van der Waals surface area contributed by atoms with Crippen LogP contribution in [0.4, 0.5) is 4.39 Å². The summed E-state index contributed by atoms with van der Waals surface area (Å²) in [6, 6.07) is 2.98. The summed E-state index contributed by atoms with van der Waals surface area (Å²) >= 11 is 0. The van der Waals surface area contributed by atoms with E-state index in [0.717, 1.165) is 26.1 Å². The average Bonchev–Trinajstić information content (AvgIpc) is 2.39. The van der Waals surface area contributed by atoms with Gasteiger partial charge in [-0.1, -0.05) is 13.8 Å².